The topological polar surface area (TPSA) is 12.5 Å². The maximum atomic E-state index is 5.54. The number of ether oxygens (including phenoxy) is 1. The molecule has 2 fully saturated rings. The van der Waals surface area contributed by atoms with Gasteiger partial charge < -0.3 is 4.74 Å². The van der Waals surface area contributed by atoms with Gasteiger partial charge in [0.25, 0.3) is 0 Å². The Kier molecular flexibility index (Phi) is 3.10. The van der Waals surface area contributed by atoms with Gasteiger partial charge in [-0.15, -0.1) is 5.92 Å². The van der Waals surface area contributed by atoms with Crippen LogP contribution in [-0.2, 0) is 4.74 Å². The van der Waals surface area contributed by atoms with Gasteiger partial charge in [-0.3, -0.25) is 4.90 Å². The molecule has 0 aromatic rings. The van der Waals surface area contributed by atoms with Crippen molar-refractivity contribution in [1.82, 2.24) is 4.90 Å². The molecule has 0 radical (unpaired) electrons. The van der Waals surface area contributed by atoms with Gasteiger partial charge >= 0.3 is 0 Å². The third-order valence-corrected chi connectivity index (χ3v) is 3.13. The summed E-state index contributed by atoms with van der Waals surface area (Å²) in [6, 6.07) is 0. The van der Waals surface area contributed by atoms with Crippen molar-refractivity contribution >= 4 is 0 Å². The van der Waals surface area contributed by atoms with Gasteiger partial charge in [-0.05, 0) is 12.8 Å². The predicted molar refractivity (Wildman–Crippen MR) is 57.0 cm³/mol. The first-order valence-corrected chi connectivity index (χ1v) is 5.60. The lowest BCUT2D eigenvalue weighted by Crippen LogP contribution is -2.59. The first kappa shape index (κ1) is 10.0. The molecule has 0 atom stereocenters. The van der Waals surface area contributed by atoms with Crippen molar-refractivity contribution in [3.63, 3.8) is 0 Å². The molecule has 1 spiro atoms. The quantitative estimate of drug-likeness (QED) is 0.585. The van der Waals surface area contributed by atoms with Gasteiger partial charge in [0, 0.05) is 31.5 Å². The molecule has 0 bridgehead atoms. The summed E-state index contributed by atoms with van der Waals surface area (Å²) in [6.07, 6.45) is 3.57. The summed E-state index contributed by atoms with van der Waals surface area (Å²) in [7, 11) is 0. The second kappa shape index (κ2) is 4.33. The van der Waals surface area contributed by atoms with Gasteiger partial charge in [0.15, 0.2) is 0 Å². The van der Waals surface area contributed by atoms with E-state index in [1.165, 1.54) is 25.9 Å². The maximum absolute atomic E-state index is 5.54. The fourth-order valence-electron chi connectivity index (χ4n) is 2.47. The van der Waals surface area contributed by atoms with Gasteiger partial charge in [0.1, 0.15) is 0 Å². The summed E-state index contributed by atoms with van der Waals surface area (Å²) in [4.78, 5) is 2.43. The van der Waals surface area contributed by atoms with E-state index >= 15 is 0 Å². The van der Waals surface area contributed by atoms with E-state index in [4.69, 9.17) is 4.74 Å². The summed E-state index contributed by atoms with van der Waals surface area (Å²) in [6.45, 7) is 7.40. The summed E-state index contributed by atoms with van der Waals surface area (Å²) < 4.78 is 5.54. The van der Waals surface area contributed by atoms with E-state index < -0.39 is 0 Å². The third kappa shape index (κ3) is 2.10. The van der Waals surface area contributed by atoms with E-state index in [1.54, 1.807) is 0 Å². The molecule has 2 rings (SSSR count). The number of nitrogens with zero attached hydrogens (tertiary/aromatic N) is 1. The van der Waals surface area contributed by atoms with E-state index in [2.05, 4.69) is 23.7 Å². The highest BCUT2D eigenvalue weighted by molar-refractivity contribution is 5.05. The van der Waals surface area contributed by atoms with E-state index in [9.17, 15) is 0 Å². The minimum atomic E-state index is 0.506. The molecule has 0 aromatic carbocycles. The second-order valence-corrected chi connectivity index (χ2v) is 4.51. The Morgan fingerprint density at radius 3 is 2.86 bits per heavy atom. The molecule has 2 heteroatoms. The van der Waals surface area contributed by atoms with Crippen molar-refractivity contribution in [1.29, 1.82) is 0 Å². The summed E-state index contributed by atoms with van der Waals surface area (Å²) in [5.74, 6) is 6.31. The molecule has 2 nitrogen and oxygen atoms in total. The Balaban J connectivity index is 1.72. The smallest absolute Gasteiger partial charge is 0.0601 e. The number of likely N-dealkylation sites (tertiary alicyclic amines) is 1. The molecule has 2 aliphatic rings. The van der Waals surface area contributed by atoms with E-state index in [1.807, 2.05) is 0 Å². The molecule has 78 valence electrons. The fraction of sp³-hybridized carbons (Fsp3) is 0.833. The SMILES string of the molecule is CCC#CCN1CC2(CCCOC2)C1. The zero-order valence-electron chi connectivity index (χ0n) is 9.01. The van der Waals surface area contributed by atoms with Gasteiger partial charge in [0.05, 0.1) is 13.2 Å². The van der Waals surface area contributed by atoms with Crippen molar-refractivity contribution in [2.75, 3.05) is 32.8 Å². The van der Waals surface area contributed by atoms with Crippen molar-refractivity contribution in [2.24, 2.45) is 5.41 Å². The molecule has 2 saturated heterocycles. The van der Waals surface area contributed by atoms with Crippen LogP contribution in [0.15, 0.2) is 0 Å². The zero-order chi connectivity index (χ0) is 9.86. The maximum Gasteiger partial charge on any atom is 0.0601 e. The Labute approximate surface area is 86.6 Å². The molecule has 0 aromatic heterocycles. The molecule has 2 heterocycles. The molecular formula is C12H19NO. The van der Waals surface area contributed by atoms with Crippen LogP contribution in [0.1, 0.15) is 26.2 Å². The Hall–Kier alpha value is -0.520. The highest BCUT2D eigenvalue weighted by Gasteiger charge is 2.43. The van der Waals surface area contributed by atoms with Crippen LogP contribution >= 0.6 is 0 Å². The largest absolute Gasteiger partial charge is 0.381 e. The molecule has 0 amide bonds. The number of rotatable bonds is 1. The lowest BCUT2D eigenvalue weighted by molar-refractivity contribution is -0.0956. The van der Waals surface area contributed by atoms with Crippen LogP contribution in [-0.4, -0.2) is 37.7 Å². The number of hydrogen-bond donors (Lipinski definition) is 0. The van der Waals surface area contributed by atoms with Crippen LogP contribution in [0.25, 0.3) is 0 Å². The van der Waals surface area contributed by atoms with E-state index in [-0.39, 0.29) is 0 Å². The molecule has 14 heavy (non-hydrogen) atoms. The summed E-state index contributed by atoms with van der Waals surface area (Å²) in [5.41, 5.74) is 0.506. The van der Waals surface area contributed by atoms with Gasteiger partial charge in [-0.25, -0.2) is 0 Å². The van der Waals surface area contributed by atoms with Crippen LogP contribution in [0.5, 0.6) is 0 Å². The van der Waals surface area contributed by atoms with Crippen LogP contribution in [0.2, 0.25) is 0 Å². The van der Waals surface area contributed by atoms with E-state index in [0.29, 0.717) is 5.41 Å². The van der Waals surface area contributed by atoms with Gasteiger partial charge in [0.2, 0.25) is 0 Å². The van der Waals surface area contributed by atoms with Crippen molar-refractivity contribution in [3.05, 3.63) is 0 Å². The average molecular weight is 193 g/mol. The van der Waals surface area contributed by atoms with Crippen molar-refractivity contribution < 1.29 is 4.74 Å². The molecule has 0 unspecified atom stereocenters. The predicted octanol–water partition coefficient (Wildman–Crippen LogP) is 1.51. The monoisotopic (exact) mass is 193 g/mol. The Morgan fingerprint density at radius 2 is 2.21 bits per heavy atom. The normalized spacial score (nSPS) is 25.2. The highest BCUT2D eigenvalue weighted by Crippen LogP contribution is 2.37. The Morgan fingerprint density at radius 1 is 1.36 bits per heavy atom. The first-order chi connectivity index (χ1) is 6.85. The lowest BCUT2D eigenvalue weighted by Gasteiger charge is -2.51. The van der Waals surface area contributed by atoms with Crippen LogP contribution < -0.4 is 0 Å². The zero-order valence-corrected chi connectivity index (χ0v) is 9.01. The molecule has 0 N–H and O–H groups in total. The molecule has 0 aliphatic carbocycles. The summed E-state index contributed by atoms with van der Waals surface area (Å²) >= 11 is 0. The van der Waals surface area contributed by atoms with E-state index in [0.717, 1.165) is 26.2 Å². The first-order valence-electron chi connectivity index (χ1n) is 5.60. The van der Waals surface area contributed by atoms with Crippen LogP contribution in [0.4, 0.5) is 0 Å². The molecule has 2 aliphatic heterocycles. The van der Waals surface area contributed by atoms with Crippen LogP contribution in [0, 0.1) is 17.3 Å². The lowest BCUT2D eigenvalue weighted by atomic mass is 9.75. The molecule has 0 saturated carbocycles. The Bertz CT molecular complexity index is 237. The van der Waals surface area contributed by atoms with Gasteiger partial charge in [-0.1, -0.05) is 12.8 Å². The van der Waals surface area contributed by atoms with Crippen molar-refractivity contribution in [3.8, 4) is 11.8 Å². The standard InChI is InChI=1S/C12H19NO/c1-2-3-4-7-13-9-12(10-13)6-5-8-14-11-12/h2,5-11H2,1H3. The third-order valence-electron chi connectivity index (χ3n) is 3.13. The fourth-order valence-corrected chi connectivity index (χ4v) is 2.47. The number of hydrogen-bond acceptors (Lipinski definition) is 2. The van der Waals surface area contributed by atoms with Crippen LogP contribution in [0.3, 0.4) is 0 Å². The van der Waals surface area contributed by atoms with Gasteiger partial charge in [-0.2, -0.15) is 0 Å². The molecular weight excluding hydrogens is 174 g/mol. The summed E-state index contributed by atoms with van der Waals surface area (Å²) in [5, 5.41) is 0. The highest BCUT2D eigenvalue weighted by atomic mass is 16.5. The minimum absolute atomic E-state index is 0.506. The minimum Gasteiger partial charge on any atom is -0.381 e. The van der Waals surface area contributed by atoms with Crippen molar-refractivity contribution in [2.45, 2.75) is 26.2 Å². The second-order valence-electron chi connectivity index (χ2n) is 4.51. The average Bonchev–Trinajstić information content (AvgIpc) is 2.17.